The molecular weight excluding hydrogens is 483 g/mol. The lowest BCUT2D eigenvalue weighted by molar-refractivity contribution is -0.143. The average molecular weight is 510 g/mol. The quantitative estimate of drug-likeness (QED) is 0.620. The molecule has 156 valence electrons. The largest absolute Gasteiger partial charge is 0.341 e. The summed E-state index contributed by atoms with van der Waals surface area (Å²) < 4.78 is 1.13. The highest BCUT2D eigenvalue weighted by molar-refractivity contribution is 14.1. The summed E-state index contributed by atoms with van der Waals surface area (Å²) in [6.07, 6.45) is 4.75. The first-order valence-electron chi connectivity index (χ1n) is 10.5. The molecule has 1 N–H and O–H groups in total. The predicted molar refractivity (Wildman–Crippen MR) is 118 cm³/mol. The summed E-state index contributed by atoms with van der Waals surface area (Å²) in [5, 5.41) is 2.92. The number of urea groups is 1. The number of benzene rings is 1. The van der Waals surface area contributed by atoms with Crippen molar-refractivity contribution in [2.24, 2.45) is 0 Å². The Balaban J connectivity index is 1.29. The van der Waals surface area contributed by atoms with Crippen LogP contribution < -0.4 is 5.32 Å². The van der Waals surface area contributed by atoms with Crippen molar-refractivity contribution in [2.45, 2.75) is 51.1 Å². The van der Waals surface area contributed by atoms with E-state index in [2.05, 4.69) is 34.0 Å². The Bertz CT molecular complexity index is 809. The lowest BCUT2D eigenvalue weighted by Gasteiger charge is -2.30. The number of carbonyl (C=O) groups excluding carboxylic acids is 3. The maximum atomic E-state index is 12.8. The van der Waals surface area contributed by atoms with E-state index in [1.165, 1.54) is 0 Å². The van der Waals surface area contributed by atoms with Crippen LogP contribution in [0, 0.1) is 3.57 Å². The van der Waals surface area contributed by atoms with Crippen LogP contribution in [0.25, 0.3) is 0 Å². The van der Waals surface area contributed by atoms with Crippen molar-refractivity contribution >= 4 is 46.1 Å². The first-order chi connectivity index (χ1) is 14.0. The highest BCUT2D eigenvalue weighted by Crippen LogP contribution is 2.26. The molecule has 3 aliphatic rings. The van der Waals surface area contributed by atoms with Crippen LogP contribution in [0.2, 0.25) is 0 Å². The van der Waals surface area contributed by atoms with Crippen LogP contribution in [0.4, 0.5) is 10.5 Å². The molecule has 0 radical (unpaired) electrons. The minimum atomic E-state index is -0.284. The van der Waals surface area contributed by atoms with Gasteiger partial charge in [0.25, 0.3) is 0 Å². The summed E-state index contributed by atoms with van der Waals surface area (Å²) in [6.45, 7) is 3.40. The van der Waals surface area contributed by atoms with Gasteiger partial charge < -0.3 is 20.0 Å². The molecule has 0 saturated carbocycles. The van der Waals surface area contributed by atoms with Crippen LogP contribution in [0.3, 0.4) is 0 Å². The molecule has 0 aliphatic carbocycles. The summed E-state index contributed by atoms with van der Waals surface area (Å²) >= 11 is 2.27. The Morgan fingerprint density at radius 3 is 2.72 bits per heavy atom. The van der Waals surface area contributed by atoms with E-state index in [-0.39, 0.29) is 23.9 Å². The number of nitrogens with one attached hydrogen (secondary N) is 1. The van der Waals surface area contributed by atoms with Gasteiger partial charge in [0.05, 0.1) is 0 Å². The van der Waals surface area contributed by atoms with Crippen molar-refractivity contribution in [1.82, 2.24) is 14.7 Å². The van der Waals surface area contributed by atoms with Gasteiger partial charge in [0, 0.05) is 48.4 Å². The minimum absolute atomic E-state index is 0.0346. The third-order valence-corrected chi connectivity index (χ3v) is 6.72. The SMILES string of the molecule is O=C1Nc2ccc(I)cc2CN1CCCC(=O)N1CCC[C@H]1C(=O)N1CCCC1. The van der Waals surface area contributed by atoms with Gasteiger partial charge in [-0.25, -0.2) is 4.79 Å². The van der Waals surface area contributed by atoms with Crippen molar-refractivity contribution in [1.29, 1.82) is 0 Å². The van der Waals surface area contributed by atoms with Gasteiger partial charge in [-0.15, -0.1) is 0 Å². The maximum absolute atomic E-state index is 12.8. The third kappa shape index (κ3) is 4.51. The van der Waals surface area contributed by atoms with Gasteiger partial charge in [-0.3, -0.25) is 9.59 Å². The molecule has 1 aromatic carbocycles. The summed E-state index contributed by atoms with van der Waals surface area (Å²) in [5.41, 5.74) is 1.96. The van der Waals surface area contributed by atoms with Gasteiger partial charge in [0.15, 0.2) is 0 Å². The predicted octanol–water partition coefficient (Wildman–Crippen LogP) is 3.03. The molecule has 0 spiro atoms. The van der Waals surface area contributed by atoms with E-state index < -0.39 is 0 Å². The Hall–Kier alpha value is -1.84. The lowest BCUT2D eigenvalue weighted by atomic mass is 10.1. The standard InChI is InChI=1S/C21H27IN4O3/c22-16-7-8-17-15(13-16)14-25(21(29)23-17)11-4-6-19(27)26-12-3-5-18(26)20(28)24-9-1-2-10-24/h7-8,13,18H,1-6,9-12,14H2,(H,23,29)/t18-/m0/s1. The molecule has 4 amide bonds. The molecule has 0 unspecified atom stereocenters. The highest BCUT2D eigenvalue weighted by Gasteiger charge is 2.36. The van der Waals surface area contributed by atoms with Crippen LogP contribution in [0.15, 0.2) is 18.2 Å². The van der Waals surface area contributed by atoms with Crippen LogP contribution in [-0.4, -0.2) is 64.8 Å². The topological polar surface area (TPSA) is 73.0 Å². The summed E-state index contributed by atoms with van der Waals surface area (Å²) in [5.74, 6) is 0.155. The molecule has 29 heavy (non-hydrogen) atoms. The second-order valence-electron chi connectivity index (χ2n) is 8.03. The Morgan fingerprint density at radius 2 is 1.93 bits per heavy atom. The Kier molecular flexibility index (Phi) is 6.26. The van der Waals surface area contributed by atoms with Crippen LogP contribution in [0.1, 0.15) is 44.1 Å². The lowest BCUT2D eigenvalue weighted by Crippen LogP contribution is -2.47. The number of rotatable bonds is 5. The summed E-state index contributed by atoms with van der Waals surface area (Å²) in [4.78, 5) is 43.3. The first-order valence-corrected chi connectivity index (χ1v) is 11.5. The van der Waals surface area contributed by atoms with E-state index in [1.54, 1.807) is 9.80 Å². The monoisotopic (exact) mass is 510 g/mol. The third-order valence-electron chi connectivity index (χ3n) is 6.05. The second-order valence-corrected chi connectivity index (χ2v) is 9.28. The minimum Gasteiger partial charge on any atom is -0.341 e. The number of anilines is 1. The van der Waals surface area contributed by atoms with Crippen LogP contribution >= 0.6 is 22.6 Å². The van der Waals surface area contributed by atoms with Crippen LogP contribution in [-0.2, 0) is 16.1 Å². The number of likely N-dealkylation sites (tertiary alicyclic amines) is 2. The smallest absolute Gasteiger partial charge is 0.322 e. The van der Waals surface area contributed by atoms with Gasteiger partial charge >= 0.3 is 6.03 Å². The van der Waals surface area contributed by atoms with Crippen LogP contribution in [0.5, 0.6) is 0 Å². The number of fused-ring (bicyclic) bond motifs is 1. The highest BCUT2D eigenvalue weighted by atomic mass is 127. The molecular formula is C21H27IN4O3. The normalized spacial score (nSPS) is 21.3. The Labute approximate surface area is 184 Å². The molecule has 2 fully saturated rings. The fourth-order valence-electron chi connectivity index (χ4n) is 4.50. The molecule has 2 saturated heterocycles. The molecule has 4 rings (SSSR count). The molecule has 0 aromatic heterocycles. The number of amides is 4. The van der Waals surface area contributed by atoms with Gasteiger partial charge in [0.2, 0.25) is 11.8 Å². The van der Waals surface area contributed by atoms with Gasteiger partial charge in [-0.2, -0.15) is 0 Å². The number of hydrogen-bond acceptors (Lipinski definition) is 3. The van der Waals surface area contributed by atoms with Crippen molar-refractivity contribution in [3.63, 3.8) is 0 Å². The molecule has 3 aliphatic heterocycles. The molecule has 0 bridgehead atoms. The van der Waals surface area contributed by atoms with E-state index in [1.807, 2.05) is 17.0 Å². The van der Waals surface area contributed by atoms with Crippen molar-refractivity contribution in [3.05, 3.63) is 27.3 Å². The van der Waals surface area contributed by atoms with Crippen molar-refractivity contribution in [2.75, 3.05) is 31.5 Å². The maximum Gasteiger partial charge on any atom is 0.322 e. The average Bonchev–Trinajstić information content (AvgIpc) is 3.40. The van der Waals surface area contributed by atoms with Gasteiger partial charge in [-0.1, -0.05) is 0 Å². The fourth-order valence-corrected chi connectivity index (χ4v) is 5.06. The van der Waals surface area contributed by atoms with E-state index in [9.17, 15) is 14.4 Å². The fraction of sp³-hybridized carbons (Fsp3) is 0.571. The molecule has 3 heterocycles. The zero-order valence-corrected chi connectivity index (χ0v) is 18.7. The van der Waals surface area contributed by atoms with Crippen molar-refractivity contribution < 1.29 is 14.4 Å². The first kappa shape index (κ1) is 20.4. The molecule has 7 nitrogen and oxygen atoms in total. The van der Waals surface area contributed by atoms with E-state index in [0.717, 1.165) is 53.6 Å². The number of nitrogens with zero attached hydrogens (tertiary/aromatic N) is 3. The summed E-state index contributed by atoms with van der Waals surface area (Å²) in [7, 11) is 0. The molecule has 1 aromatic rings. The summed E-state index contributed by atoms with van der Waals surface area (Å²) in [6, 6.07) is 5.58. The van der Waals surface area contributed by atoms with E-state index in [4.69, 9.17) is 0 Å². The number of carbonyl (C=O) groups is 3. The van der Waals surface area contributed by atoms with Crippen molar-refractivity contribution in [3.8, 4) is 0 Å². The zero-order chi connectivity index (χ0) is 20.4. The number of halogens is 1. The van der Waals surface area contributed by atoms with Gasteiger partial charge in [0.1, 0.15) is 6.04 Å². The molecule has 8 heteroatoms. The number of hydrogen-bond donors (Lipinski definition) is 1. The zero-order valence-electron chi connectivity index (χ0n) is 16.5. The second kappa shape index (κ2) is 8.89. The van der Waals surface area contributed by atoms with Gasteiger partial charge in [-0.05, 0) is 78.5 Å². The van der Waals surface area contributed by atoms with E-state index in [0.29, 0.717) is 32.5 Å². The van der Waals surface area contributed by atoms with E-state index >= 15 is 0 Å². The molecule has 1 atom stereocenters. The Morgan fingerprint density at radius 1 is 1.14 bits per heavy atom.